The van der Waals surface area contributed by atoms with Crippen molar-refractivity contribution in [3.8, 4) is 0 Å². The fourth-order valence-corrected chi connectivity index (χ4v) is 1.28. The van der Waals surface area contributed by atoms with E-state index in [1.807, 2.05) is 6.92 Å². The van der Waals surface area contributed by atoms with Gasteiger partial charge in [0, 0.05) is 39.6 Å². The van der Waals surface area contributed by atoms with Crippen molar-refractivity contribution in [3.05, 3.63) is 14.2 Å². The molecule has 0 spiro atoms. The van der Waals surface area contributed by atoms with Gasteiger partial charge in [-0.1, -0.05) is 0 Å². The predicted molar refractivity (Wildman–Crippen MR) is 82.9 cm³/mol. The van der Waals surface area contributed by atoms with Crippen molar-refractivity contribution < 1.29 is 34.3 Å². The molecule has 2 unspecified atom stereocenters. The van der Waals surface area contributed by atoms with Gasteiger partial charge >= 0.3 is 0 Å². The molecule has 0 amide bonds. The van der Waals surface area contributed by atoms with Gasteiger partial charge in [0.05, 0.1) is 18.8 Å². The number of unbranched alkanes of at least 4 members (excludes halogenated alkanes) is 1. The maximum atomic E-state index is 9.26. The molecule has 3 N–H and O–H groups in total. The summed E-state index contributed by atoms with van der Waals surface area (Å²) in [7, 11) is 6.20. The van der Waals surface area contributed by atoms with Gasteiger partial charge in [0.2, 0.25) is 0 Å². The summed E-state index contributed by atoms with van der Waals surface area (Å²) in [4.78, 5) is 0. The summed E-state index contributed by atoms with van der Waals surface area (Å²) in [6, 6.07) is 0. The van der Waals surface area contributed by atoms with Gasteiger partial charge in [-0.3, -0.25) is 0 Å². The van der Waals surface area contributed by atoms with E-state index in [1.165, 1.54) is 0 Å². The Morgan fingerprint density at radius 1 is 0.870 bits per heavy atom. The maximum absolute atomic E-state index is 9.26. The van der Waals surface area contributed by atoms with Crippen molar-refractivity contribution in [2.24, 2.45) is 0 Å². The third-order valence-corrected chi connectivity index (χ3v) is 2.46. The third kappa shape index (κ3) is 26.0. The maximum Gasteiger partial charge on any atom is 0.0973 e. The molecule has 0 saturated carbocycles. The van der Waals surface area contributed by atoms with Crippen LogP contribution in [0.1, 0.15) is 26.2 Å². The number of aliphatic hydroxyl groups is 3. The molecule has 138 valence electrons. The quantitative estimate of drug-likeness (QED) is 0.200. The van der Waals surface area contributed by atoms with Crippen LogP contribution in [0.5, 0.6) is 0 Å². The van der Waals surface area contributed by atoms with E-state index in [4.69, 9.17) is 19.7 Å². The van der Waals surface area contributed by atoms with E-state index in [0.717, 1.165) is 32.7 Å². The zero-order valence-electron chi connectivity index (χ0n) is 14.3. The first-order valence-electron chi connectivity index (χ1n) is 7.48. The molecular formula is C15H32O7Rf-2. The van der Waals surface area contributed by atoms with Gasteiger partial charge < -0.3 is 34.3 Å². The van der Waals surface area contributed by atoms with Crippen molar-refractivity contribution in [3.63, 3.8) is 0 Å². The number of ether oxygens (including phenoxy) is 4. The van der Waals surface area contributed by atoms with E-state index >= 15 is 0 Å². The van der Waals surface area contributed by atoms with Crippen LogP contribution in [0.25, 0.3) is 0 Å². The third-order valence-electron chi connectivity index (χ3n) is 2.46. The molecule has 0 bridgehead atoms. The van der Waals surface area contributed by atoms with Gasteiger partial charge in [0.15, 0.2) is 0 Å². The van der Waals surface area contributed by atoms with Gasteiger partial charge in [0.25, 0.3) is 0 Å². The fraction of sp³-hybridized carbons (Fsp3) is 0.867. The average molecular weight is 591 g/mol. The molecule has 0 aliphatic carbocycles. The molecule has 0 rings (SSSR count). The zero-order valence-corrected chi connectivity index (χ0v) is 20.7. The van der Waals surface area contributed by atoms with E-state index in [2.05, 4.69) is 23.7 Å². The summed E-state index contributed by atoms with van der Waals surface area (Å²) in [6.07, 6.45) is 1.38. The second-order valence-corrected chi connectivity index (χ2v) is 4.54. The van der Waals surface area contributed by atoms with Crippen molar-refractivity contribution >= 4 is 0 Å². The van der Waals surface area contributed by atoms with E-state index in [0.29, 0.717) is 13.0 Å². The molecule has 0 fully saturated rings. The summed E-state index contributed by atoms with van der Waals surface area (Å²) in [6.45, 7) is 4.96. The van der Waals surface area contributed by atoms with Crippen LogP contribution in [0.15, 0.2) is 0 Å². The Morgan fingerprint density at radius 3 is 1.83 bits per heavy atom. The smallest absolute Gasteiger partial charge is 0.0973 e. The van der Waals surface area contributed by atoms with Gasteiger partial charge in [-0.15, -0.1) is 0 Å². The Labute approximate surface area is 134 Å². The SMILES string of the molecule is [CH2-]OCC(O)CCOCCCCOCC.[CH2-]OCC(O)CO.[Rf]. The Bertz CT molecular complexity index is 199. The molecule has 7 nitrogen and oxygen atoms in total. The minimum Gasteiger partial charge on any atom is -0.553 e. The fourth-order valence-electron chi connectivity index (χ4n) is 1.28. The average Bonchev–Trinajstić information content (AvgIpc) is 2.51. The zero-order chi connectivity index (χ0) is 17.1. The number of hydrogen-bond donors (Lipinski definition) is 3. The summed E-state index contributed by atoms with van der Waals surface area (Å²) in [5.41, 5.74) is 0. The van der Waals surface area contributed by atoms with Crippen molar-refractivity contribution in [1.29, 1.82) is 0 Å². The summed E-state index contributed by atoms with van der Waals surface area (Å²) < 4.78 is 19.3. The summed E-state index contributed by atoms with van der Waals surface area (Å²) >= 11 is 0. The van der Waals surface area contributed by atoms with Crippen LogP contribution in [-0.2, 0) is 18.9 Å². The second kappa shape index (κ2) is 23.0. The standard InChI is InChI=1S/C11H23O4.C4H9O3.Rf/c1-3-14-7-4-5-8-15-9-6-11(12)10-13-2;1-7-3-4(6)2-5;/h11-12H,2-10H2,1H3;4-6H,1-3H2;/q2*-1;. The van der Waals surface area contributed by atoms with Gasteiger partial charge in [-0.05, 0) is 26.2 Å². The first-order valence-corrected chi connectivity index (χ1v) is 7.48. The first-order chi connectivity index (χ1) is 10.6. The monoisotopic (exact) mass is 591 g/mol. The van der Waals surface area contributed by atoms with Crippen LogP contribution in [0.4, 0.5) is 0 Å². The number of rotatable bonds is 14. The van der Waals surface area contributed by atoms with Crippen LogP contribution < -0.4 is 0 Å². The largest absolute Gasteiger partial charge is 0.553 e. The van der Waals surface area contributed by atoms with Crippen molar-refractivity contribution in [1.82, 2.24) is 0 Å². The van der Waals surface area contributed by atoms with E-state index in [1.54, 1.807) is 0 Å². The molecule has 0 aromatic rings. The topological polar surface area (TPSA) is 97.6 Å². The number of aliphatic hydroxyl groups excluding tert-OH is 3. The molecule has 0 saturated heterocycles. The van der Waals surface area contributed by atoms with Crippen LogP contribution >= 0.6 is 0 Å². The minimum atomic E-state index is -0.780. The molecule has 2 atom stereocenters. The Kier molecular flexibility index (Phi) is 26.6. The Balaban J connectivity index is -0.000000425. The predicted octanol–water partition coefficient (Wildman–Crippen LogP) is 0.527. The van der Waals surface area contributed by atoms with Gasteiger partial charge in [-0.2, -0.15) is 0 Å². The van der Waals surface area contributed by atoms with Crippen LogP contribution in [0.2, 0.25) is 0 Å². The molecule has 0 heterocycles. The molecule has 23 heavy (non-hydrogen) atoms. The normalized spacial score (nSPS) is 12.8. The second-order valence-electron chi connectivity index (χ2n) is 4.54. The van der Waals surface area contributed by atoms with E-state index in [-0.39, 0.29) is 19.8 Å². The van der Waals surface area contributed by atoms with Crippen LogP contribution in [0, 0.1) is 14.2 Å². The van der Waals surface area contributed by atoms with E-state index in [9.17, 15) is 5.11 Å². The minimum absolute atomic E-state index is 0. The van der Waals surface area contributed by atoms with E-state index < -0.39 is 12.2 Å². The first kappa shape index (κ1) is 26.6. The Morgan fingerprint density at radius 2 is 1.39 bits per heavy atom. The number of hydrogen-bond acceptors (Lipinski definition) is 7. The summed E-state index contributed by atoms with van der Waals surface area (Å²) in [5.74, 6) is 0. The van der Waals surface area contributed by atoms with Crippen LogP contribution in [0.3, 0.4) is 0 Å². The van der Waals surface area contributed by atoms with Gasteiger partial charge in [-0.25, -0.2) is 14.2 Å². The molecule has 0 aliphatic rings. The molecule has 0 aliphatic heterocycles. The molecule has 0 aromatic heterocycles. The molecular weight excluding hydrogens is 559 g/mol. The molecule has 0 aromatic carbocycles. The van der Waals surface area contributed by atoms with Gasteiger partial charge in [0.1, 0.15) is 0 Å². The molecule has 8 heteroatoms. The molecule has 0 radical (unpaired) electrons. The van der Waals surface area contributed by atoms with Crippen molar-refractivity contribution in [2.75, 3.05) is 46.2 Å². The Hall–Kier alpha value is -1.28. The van der Waals surface area contributed by atoms with Crippen LogP contribution in [-0.4, -0.2) is 73.8 Å². The van der Waals surface area contributed by atoms with Crippen molar-refractivity contribution in [2.45, 2.75) is 38.4 Å². The summed E-state index contributed by atoms with van der Waals surface area (Å²) in [5, 5.41) is 25.8.